The van der Waals surface area contributed by atoms with Crippen molar-refractivity contribution in [2.24, 2.45) is 0 Å². The monoisotopic (exact) mass is 694 g/mol. The van der Waals surface area contributed by atoms with Gasteiger partial charge in [-0.3, -0.25) is 0 Å². The van der Waals surface area contributed by atoms with Crippen LogP contribution in [-0.2, 0) is 30.9 Å². The molecule has 0 amide bonds. The van der Waals surface area contributed by atoms with Crippen molar-refractivity contribution in [1.29, 1.82) is 0 Å². The summed E-state index contributed by atoms with van der Waals surface area (Å²) >= 11 is -2.22. The van der Waals surface area contributed by atoms with Crippen LogP contribution in [0.2, 0.25) is 12.1 Å². The Kier molecular flexibility index (Phi) is 10.2. The average Bonchev–Trinajstić information content (AvgIpc) is 3.31. The third-order valence-corrected chi connectivity index (χ3v) is 39.7. The van der Waals surface area contributed by atoms with E-state index in [0.717, 1.165) is 0 Å². The van der Waals surface area contributed by atoms with Crippen LogP contribution in [0.25, 0.3) is 11.1 Å². The van der Waals surface area contributed by atoms with E-state index in [9.17, 15) is 0 Å². The molecule has 0 N–H and O–H groups in total. The normalized spacial score (nSPS) is 14.9. The molecule has 2 aliphatic carbocycles. The minimum absolute atomic E-state index is 0. The Labute approximate surface area is 235 Å². The zero-order valence-corrected chi connectivity index (χ0v) is 29.4. The van der Waals surface area contributed by atoms with Gasteiger partial charge in [-0.15, -0.1) is 24.8 Å². The molecule has 0 unspecified atom stereocenters. The van der Waals surface area contributed by atoms with Crippen molar-refractivity contribution in [3.05, 3.63) is 79.7 Å². The first-order chi connectivity index (χ1) is 15.5. The third-order valence-electron chi connectivity index (χ3n) is 7.76. The standard InChI is InChI=1S/C21H25.C6H7.C4H10Si.2ClH.Hf/c1-20(2,3)16-7-9-18-14(12-16)11-15-13-17(21(4,5)6)8-10-19(15)18;1-6-4-2-3-5-6;1-3-5-4-2;;;/h7-13H,1-6H3;2,4H,3H2,1H3;3-4H2,1-2H3;2*1H;. The first-order valence-electron chi connectivity index (χ1n) is 12.8. The molecule has 0 bridgehead atoms. The van der Waals surface area contributed by atoms with Gasteiger partial charge >= 0.3 is 212 Å². The van der Waals surface area contributed by atoms with E-state index in [1.807, 2.05) is 3.33 Å². The minimum Gasteiger partial charge on any atom is -0.147 e. The second-order valence-electron chi connectivity index (χ2n) is 12.0. The van der Waals surface area contributed by atoms with Crippen LogP contribution in [0.5, 0.6) is 0 Å². The van der Waals surface area contributed by atoms with Crippen LogP contribution < -0.4 is 0 Å². The predicted octanol–water partition coefficient (Wildman–Crippen LogP) is 10.1. The fourth-order valence-corrected chi connectivity index (χ4v) is 38.2. The molecule has 0 aromatic heterocycles. The molecule has 0 heterocycles. The minimum atomic E-state index is -2.22. The smallest absolute Gasteiger partial charge is 0.147 e. The first-order valence-corrected chi connectivity index (χ1v) is 24.0. The van der Waals surface area contributed by atoms with Crippen LogP contribution in [0.1, 0.15) is 94.7 Å². The van der Waals surface area contributed by atoms with Crippen LogP contribution in [0.4, 0.5) is 0 Å². The third kappa shape index (κ3) is 5.87. The summed E-state index contributed by atoms with van der Waals surface area (Å²) in [6, 6.07) is 17.9. The van der Waals surface area contributed by atoms with E-state index in [-0.39, 0.29) is 41.1 Å². The van der Waals surface area contributed by atoms with Gasteiger partial charge in [-0.1, -0.05) is 0 Å². The van der Waals surface area contributed by atoms with Gasteiger partial charge in [0.25, 0.3) is 0 Å². The molecular weight excluding hydrogens is 650 g/mol. The Morgan fingerprint density at radius 2 is 1.26 bits per heavy atom. The van der Waals surface area contributed by atoms with Gasteiger partial charge in [0.05, 0.1) is 0 Å². The molecule has 2 aliphatic rings. The summed E-state index contributed by atoms with van der Waals surface area (Å²) in [5, 5.41) is 0. The van der Waals surface area contributed by atoms with Crippen LogP contribution in [-0.4, -0.2) is 5.49 Å². The number of rotatable bonds is 4. The maximum Gasteiger partial charge on any atom is -0.147 e. The van der Waals surface area contributed by atoms with Crippen molar-refractivity contribution in [2.75, 3.05) is 0 Å². The van der Waals surface area contributed by atoms with E-state index < -0.39 is 20.1 Å². The Bertz CT molecular complexity index is 1120. The number of hydrogen-bond acceptors (Lipinski definition) is 0. The Hall–Kier alpha value is -0.413. The summed E-state index contributed by atoms with van der Waals surface area (Å²) in [5.41, 5.74) is 11.1. The van der Waals surface area contributed by atoms with E-state index in [1.54, 1.807) is 16.7 Å². The van der Waals surface area contributed by atoms with Crippen LogP contribution in [0, 0.1) is 0 Å². The van der Waals surface area contributed by atoms with Crippen molar-refractivity contribution in [3.63, 3.8) is 0 Å². The largest absolute Gasteiger partial charge is 0.147 e. The second-order valence-corrected chi connectivity index (χ2v) is 33.9. The van der Waals surface area contributed by atoms with E-state index >= 15 is 0 Å². The second kappa shape index (κ2) is 11.5. The van der Waals surface area contributed by atoms with Crippen LogP contribution in [0.15, 0.2) is 57.5 Å². The summed E-state index contributed by atoms with van der Waals surface area (Å²) < 4.78 is 2.63. The van der Waals surface area contributed by atoms with Gasteiger partial charge in [0.2, 0.25) is 0 Å². The zero-order chi connectivity index (χ0) is 24.1. The van der Waals surface area contributed by atoms with Gasteiger partial charge < -0.3 is 0 Å². The molecular formula is C31H44Cl2HfSi. The van der Waals surface area contributed by atoms with E-state index in [4.69, 9.17) is 0 Å². The molecule has 0 fully saturated rings. The molecule has 2 aromatic rings. The molecule has 0 aliphatic heterocycles. The molecule has 0 saturated carbocycles. The van der Waals surface area contributed by atoms with Crippen molar-refractivity contribution in [3.8, 4) is 11.1 Å². The number of hydrogen-bond donors (Lipinski definition) is 0. The van der Waals surface area contributed by atoms with Crippen molar-refractivity contribution < 1.29 is 20.1 Å². The summed E-state index contributed by atoms with van der Waals surface area (Å²) in [7, 11) is 0. The fraction of sp³-hybridized carbons (Fsp3) is 0.484. The number of benzene rings is 2. The number of fused-ring (bicyclic) bond motifs is 3. The quantitative estimate of drug-likeness (QED) is 0.280. The summed E-state index contributed by atoms with van der Waals surface area (Å²) in [6.07, 6.45) is 6.12. The van der Waals surface area contributed by atoms with Gasteiger partial charge in [0.1, 0.15) is 0 Å². The summed E-state index contributed by atoms with van der Waals surface area (Å²) in [5.74, 6) is 0. The Morgan fingerprint density at radius 1 is 0.800 bits per heavy atom. The Balaban J connectivity index is 0.00000216. The van der Waals surface area contributed by atoms with E-state index in [1.165, 1.54) is 40.8 Å². The number of halogens is 2. The maximum atomic E-state index is 2.63. The molecule has 0 spiro atoms. The van der Waals surface area contributed by atoms with Gasteiger partial charge in [0.15, 0.2) is 0 Å². The van der Waals surface area contributed by atoms with Crippen LogP contribution >= 0.6 is 24.8 Å². The van der Waals surface area contributed by atoms with Gasteiger partial charge in [-0.05, 0) is 0 Å². The number of allylic oxidation sites excluding steroid dienone is 4. The molecule has 4 rings (SSSR count). The maximum absolute atomic E-state index is 2.63. The molecule has 0 atom stereocenters. The molecule has 4 heteroatoms. The molecule has 0 radical (unpaired) electrons. The van der Waals surface area contributed by atoms with Gasteiger partial charge in [-0.25, -0.2) is 0 Å². The van der Waals surface area contributed by atoms with Crippen LogP contribution in [0.3, 0.4) is 0 Å². The zero-order valence-electron chi connectivity index (χ0n) is 23.1. The van der Waals surface area contributed by atoms with Crippen molar-refractivity contribution in [1.82, 2.24) is 0 Å². The van der Waals surface area contributed by atoms with Gasteiger partial charge in [0, 0.05) is 0 Å². The molecule has 35 heavy (non-hydrogen) atoms. The Morgan fingerprint density at radius 3 is 1.60 bits per heavy atom. The summed E-state index contributed by atoms with van der Waals surface area (Å²) in [4.78, 5) is 0. The summed E-state index contributed by atoms with van der Waals surface area (Å²) in [6.45, 7) is 21.6. The van der Waals surface area contributed by atoms with Crippen molar-refractivity contribution >= 4 is 30.3 Å². The van der Waals surface area contributed by atoms with Gasteiger partial charge in [-0.2, -0.15) is 0 Å². The predicted molar refractivity (Wildman–Crippen MR) is 159 cm³/mol. The fourth-order valence-electron chi connectivity index (χ4n) is 5.67. The van der Waals surface area contributed by atoms with E-state index in [2.05, 4.69) is 111 Å². The topological polar surface area (TPSA) is 0 Å². The molecule has 2 aromatic carbocycles. The SMILES string of the molecule is CC[Si](CC)=[Hf]([C]1=C(C)C=CC1)[CH]1c2cc(C(C)(C)C)ccc2-c2ccc(C(C)(C)C)cc21.Cl.Cl. The molecule has 0 saturated heterocycles. The van der Waals surface area contributed by atoms with Crippen molar-refractivity contribution in [2.45, 2.75) is 95.3 Å². The molecule has 0 nitrogen and oxygen atoms in total. The van der Waals surface area contributed by atoms with E-state index in [0.29, 0.717) is 3.67 Å². The average molecular weight is 694 g/mol. The first kappa shape index (κ1) is 30.8. The molecule has 190 valence electrons.